The van der Waals surface area contributed by atoms with Crippen LogP contribution in [0.4, 0.5) is 5.69 Å². The second-order valence-corrected chi connectivity index (χ2v) is 3.53. The summed E-state index contributed by atoms with van der Waals surface area (Å²) < 4.78 is 1.44. The van der Waals surface area contributed by atoms with Gasteiger partial charge in [-0.15, -0.1) is 0 Å². The Bertz CT molecular complexity index is 330. The molecule has 0 fully saturated rings. The van der Waals surface area contributed by atoms with Crippen molar-refractivity contribution in [2.45, 2.75) is 26.8 Å². The van der Waals surface area contributed by atoms with Gasteiger partial charge >= 0.3 is 0 Å². The first-order valence-electron chi connectivity index (χ1n) is 4.42. The van der Waals surface area contributed by atoms with Gasteiger partial charge in [0.2, 0.25) is 0 Å². The molecule has 0 unspecified atom stereocenters. The minimum atomic E-state index is -0.124. The third-order valence-electron chi connectivity index (χ3n) is 1.81. The summed E-state index contributed by atoms with van der Waals surface area (Å²) in [6, 6.07) is 1.40. The van der Waals surface area contributed by atoms with Gasteiger partial charge in [-0.1, -0.05) is 13.8 Å². The second-order valence-electron chi connectivity index (χ2n) is 3.53. The highest BCUT2D eigenvalue weighted by atomic mass is 16.1. The summed E-state index contributed by atoms with van der Waals surface area (Å²) in [5, 5.41) is 3.93. The Morgan fingerprint density at radius 1 is 1.62 bits per heavy atom. The van der Waals surface area contributed by atoms with Crippen LogP contribution in [-0.2, 0) is 6.54 Å². The standard InChI is InChI=1S/C9H15N3O/c1-7(2)3-4-12-9(13)5-8(10)6-11-12/h5-7H,3-4,10H2,1-2H3. The molecular formula is C9H15N3O. The highest BCUT2D eigenvalue weighted by Crippen LogP contribution is 2.00. The highest BCUT2D eigenvalue weighted by Gasteiger charge is 1.99. The molecule has 0 aliphatic carbocycles. The van der Waals surface area contributed by atoms with E-state index in [2.05, 4.69) is 18.9 Å². The largest absolute Gasteiger partial charge is 0.397 e. The number of rotatable bonds is 3. The first kappa shape index (κ1) is 9.77. The average Bonchev–Trinajstić information content (AvgIpc) is 2.02. The van der Waals surface area contributed by atoms with Crippen molar-refractivity contribution in [1.82, 2.24) is 9.78 Å². The quantitative estimate of drug-likeness (QED) is 0.752. The van der Waals surface area contributed by atoms with Gasteiger partial charge in [0.25, 0.3) is 5.56 Å². The third-order valence-corrected chi connectivity index (χ3v) is 1.81. The molecule has 1 heterocycles. The van der Waals surface area contributed by atoms with Crippen LogP contribution in [0.3, 0.4) is 0 Å². The fourth-order valence-corrected chi connectivity index (χ4v) is 0.996. The molecule has 0 spiro atoms. The molecule has 0 aliphatic heterocycles. The Labute approximate surface area is 77.4 Å². The molecule has 0 amide bonds. The van der Waals surface area contributed by atoms with Crippen LogP contribution in [0.2, 0.25) is 0 Å². The summed E-state index contributed by atoms with van der Waals surface area (Å²) >= 11 is 0. The van der Waals surface area contributed by atoms with Crippen LogP contribution in [0.15, 0.2) is 17.1 Å². The molecule has 4 nitrogen and oxygen atoms in total. The topological polar surface area (TPSA) is 60.9 Å². The first-order valence-corrected chi connectivity index (χ1v) is 4.42. The zero-order chi connectivity index (χ0) is 9.84. The van der Waals surface area contributed by atoms with E-state index in [9.17, 15) is 4.79 Å². The number of nitrogen functional groups attached to an aromatic ring is 1. The van der Waals surface area contributed by atoms with Crippen LogP contribution < -0.4 is 11.3 Å². The van der Waals surface area contributed by atoms with Crippen molar-refractivity contribution >= 4 is 5.69 Å². The fourth-order valence-electron chi connectivity index (χ4n) is 0.996. The summed E-state index contributed by atoms with van der Waals surface area (Å²) in [5.74, 6) is 0.575. The lowest BCUT2D eigenvalue weighted by molar-refractivity contribution is 0.472. The van der Waals surface area contributed by atoms with Crippen molar-refractivity contribution in [3.63, 3.8) is 0 Å². The smallest absolute Gasteiger partial charge is 0.268 e. The molecule has 0 saturated carbocycles. The Balaban J connectivity index is 2.73. The Morgan fingerprint density at radius 3 is 2.85 bits per heavy atom. The predicted octanol–water partition coefficient (Wildman–Crippen LogP) is 0.872. The van der Waals surface area contributed by atoms with Crippen molar-refractivity contribution in [1.29, 1.82) is 0 Å². The van der Waals surface area contributed by atoms with Crippen molar-refractivity contribution in [2.75, 3.05) is 5.73 Å². The summed E-state index contributed by atoms with van der Waals surface area (Å²) in [7, 11) is 0. The maximum absolute atomic E-state index is 11.3. The van der Waals surface area contributed by atoms with Gasteiger partial charge in [-0.3, -0.25) is 4.79 Å². The van der Waals surface area contributed by atoms with Crippen LogP contribution >= 0.6 is 0 Å². The number of hydrogen-bond acceptors (Lipinski definition) is 3. The van der Waals surface area contributed by atoms with Gasteiger partial charge in [-0.25, -0.2) is 4.68 Å². The molecule has 13 heavy (non-hydrogen) atoms. The number of aromatic nitrogens is 2. The normalized spacial score (nSPS) is 10.7. The van der Waals surface area contributed by atoms with Crippen LogP contribution in [0.5, 0.6) is 0 Å². The molecule has 0 atom stereocenters. The maximum Gasteiger partial charge on any atom is 0.268 e. The lowest BCUT2D eigenvalue weighted by Gasteiger charge is -2.05. The SMILES string of the molecule is CC(C)CCn1ncc(N)cc1=O. The molecule has 1 aromatic rings. The Morgan fingerprint density at radius 2 is 2.31 bits per heavy atom. The van der Waals surface area contributed by atoms with E-state index in [0.29, 0.717) is 18.2 Å². The molecule has 0 saturated heterocycles. The van der Waals surface area contributed by atoms with Gasteiger partial charge in [0, 0.05) is 12.6 Å². The van der Waals surface area contributed by atoms with Crippen LogP contribution in [-0.4, -0.2) is 9.78 Å². The van der Waals surface area contributed by atoms with Crippen molar-refractivity contribution in [3.8, 4) is 0 Å². The Kier molecular flexibility index (Phi) is 3.06. The molecule has 0 aliphatic rings. The summed E-state index contributed by atoms with van der Waals surface area (Å²) in [5.41, 5.74) is 5.71. The van der Waals surface area contributed by atoms with Crippen molar-refractivity contribution < 1.29 is 0 Å². The van der Waals surface area contributed by atoms with E-state index in [-0.39, 0.29) is 5.56 Å². The zero-order valence-corrected chi connectivity index (χ0v) is 8.03. The summed E-state index contributed by atoms with van der Waals surface area (Å²) in [6.45, 7) is 4.89. The fraction of sp³-hybridized carbons (Fsp3) is 0.556. The van der Waals surface area contributed by atoms with Gasteiger partial charge < -0.3 is 5.73 Å². The summed E-state index contributed by atoms with van der Waals surface area (Å²) in [4.78, 5) is 11.3. The molecule has 4 heteroatoms. The lowest BCUT2D eigenvalue weighted by Crippen LogP contribution is -2.23. The number of hydrogen-bond donors (Lipinski definition) is 1. The van der Waals surface area contributed by atoms with Crippen LogP contribution in [0.1, 0.15) is 20.3 Å². The van der Waals surface area contributed by atoms with E-state index in [1.165, 1.54) is 16.9 Å². The molecule has 0 bridgehead atoms. The number of anilines is 1. The number of nitrogens with zero attached hydrogens (tertiary/aromatic N) is 2. The van der Waals surface area contributed by atoms with Crippen molar-refractivity contribution in [3.05, 3.63) is 22.6 Å². The third kappa shape index (κ3) is 2.89. The molecule has 0 aromatic carbocycles. The van der Waals surface area contributed by atoms with Crippen molar-refractivity contribution in [2.24, 2.45) is 5.92 Å². The van der Waals surface area contributed by atoms with Crippen LogP contribution in [0, 0.1) is 5.92 Å². The predicted molar refractivity (Wildman–Crippen MR) is 52.4 cm³/mol. The van der Waals surface area contributed by atoms with E-state index < -0.39 is 0 Å². The molecule has 1 rings (SSSR count). The highest BCUT2D eigenvalue weighted by molar-refractivity contribution is 5.31. The van der Waals surface area contributed by atoms with Gasteiger partial charge in [0.15, 0.2) is 0 Å². The number of aryl methyl sites for hydroxylation is 1. The first-order chi connectivity index (χ1) is 6.09. The maximum atomic E-state index is 11.3. The van der Waals surface area contributed by atoms with Gasteiger partial charge in [-0.05, 0) is 12.3 Å². The van der Waals surface area contributed by atoms with Gasteiger partial charge in [0.05, 0.1) is 11.9 Å². The minimum absolute atomic E-state index is 0.124. The Hall–Kier alpha value is -1.32. The van der Waals surface area contributed by atoms with E-state index >= 15 is 0 Å². The molecule has 2 N–H and O–H groups in total. The van der Waals surface area contributed by atoms with Gasteiger partial charge in [-0.2, -0.15) is 5.10 Å². The lowest BCUT2D eigenvalue weighted by atomic mass is 10.1. The van der Waals surface area contributed by atoms with Crippen LogP contribution in [0.25, 0.3) is 0 Å². The van der Waals surface area contributed by atoms with E-state index in [4.69, 9.17) is 5.73 Å². The minimum Gasteiger partial charge on any atom is -0.397 e. The molecule has 1 aromatic heterocycles. The summed E-state index contributed by atoms with van der Waals surface area (Å²) in [6.07, 6.45) is 2.46. The molecule has 0 radical (unpaired) electrons. The monoisotopic (exact) mass is 181 g/mol. The average molecular weight is 181 g/mol. The van der Waals surface area contributed by atoms with E-state index in [1.807, 2.05) is 0 Å². The zero-order valence-electron chi connectivity index (χ0n) is 8.03. The molecule has 72 valence electrons. The van der Waals surface area contributed by atoms with E-state index in [1.54, 1.807) is 0 Å². The van der Waals surface area contributed by atoms with Gasteiger partial charge in [0.1, 0.15) is 0 Å². The van der Waals surface area contributed by atoms with E-state index in [0.717, 1.165) is 6.42 Å². The molecular weight excluding hydrogens is 166 g/mol. The number of nitrogens with two attached hydrogens (primary N) is 1. The second kappa shape index (κ2) is 4.07.